The fourth-order valence-electron chi connectivity index (χ4n) is 3.67. The second-order valence-corrected chi connectivity index (χ2v) is 9.51. The van der Waals surface area contributed by atoms with Crippen LogP contribution < -0.4 is 20.1 Å². The lowest BCUT2D eigenvalue weighted by Gasteiger charge is -2.16. The van der Waals surface area contributed by atoms with E-state index in [0.29, 0.717) is 15.7 Å². The Balaban J connectivity index is 1.52. The maximum absolute atomic E-state index is 13.1. The van der Waals surface area contributed by atoms with E-state index in [-0.39, 0.29) is 46.9 Å². The van der Waals surface area contributed by atoms with Crippen LogP contribution in [-0.2, 0) is 20.9 Å². The van der Waals surface area contributed by atoms with Crippen LogP contribution in [0.1, 0.15) is 28.8 Å². The average molecular weight is 651 g/mol. The Hall–Kier alpha value is -4.36. The lowest BCUT2D eigenvalue weighted by molar-refractivity contribution is -0.123. The molecule has 0 saturated carbocycles. The lowest BCUT2D eigenvalue weighted by atomic mass is 10.1. The Morgan fingerprint density at radius 1 is 1.17 bits per heavy atom. The number of amides is 4. The van der Waals surface area contributed by atoms with E-state index in [4.69, 9.17) is 25.5 Å². The number of methoxy groups -OCH3 is 1. The van der Waals surface area contributed by atoms with E-state index in [1.165, 1.54) is 55.7 Å². The highest BCUT2D eigenvalue weighted by molar-refractivity contribution is 9.10. The standard InChI is InChI=1S/C27H22BrClFN3O8/c1-3-39-20-11-14(22(28)23(29)24(20)40-13-21(34)31-16-6-4-15(30)5-7-16)10-18-25(35)33(27(37)32-18)12-17-8-9-19(41-17)26(36)38-2/h4-11H,3,12-13H2,1-2H3,(H,31,34)(H,32,37)/b18-10-. The fourth-order valence-corrected chi connectivity index (χ4v) is 4.34. The zero-order valence-corrected chi connectivity index (χ0v) is 23.9. The van der Waals surface area contributed by atoms with Crippen LogP contribution in [0.25, 0.3) is 6.08 Å². The van der Waals surface area contributed by atoms with E-state index in [0.717, 1.165) is 4.90 Å². The molecular formula is C27H22BrClFN3O8. The van der Waals surface area contributed by atoms with Gasteiger partial charge in [-0.2, -0.15) is 0 Å². The molecule has 11 nitrogen and oxygen atoms in total. The molecule has 1 fully saturated rings. The van der Waals surface area contributed by atoms with E-state index in [9.17, 15) is 23.6 Å². The van der Waals surface area contributed by atoms with Crippen LogP contribution in [0.4, 0.5) is 14.9 Å². The van der Waals surface area contributed by atoms with Crippen molar-refractivity contribution in [1.29, 1.82) is 0 Å². The first-order chi connectivity index (χ1) is 19.6. The Kier molecular flexibility index (Phi) is 9.30. The number of imide groups is 1. The second-order valence-electron chi connectivity index (χ2n) is 8.33. The molecular weight excluding hydrogens is 629 g/mol. The molecule has 14 heteroatoms. The van der Waals surface area contributed by atoms with Gasteiger partial charge in [0.25, 0.3) is 11.8 Å². The van der Waals surface area contributed by atoms with Crippen LogP contribution in [-0.4, -0.2) is 49.0 Å². The van der Waals surface area contributed by atoms with Crippen molar-refractivity contribution in [2.24, 2.45) is 0 Å². The summed E-state index contributed by atoms with van der Waals surface area (Å²) >= 11 is 9.91. The van der Waals surface area contributed by atoms with Crippen molar-refractivity contribution in [1.82, 2.24) is 10.2 Å². The number of nitrogens with one attached hydrogen (secondary N) is 2. The summed E-state index contributed by atoms with van der Waals surface area (Å²) in [5.74, 6) is -1.92. The minimum Gasteiger partial charge on any atom is -0.490 e. The Labute approximate surface area is 246 Å². The van der Waals surface area contributed by atoms with Crippen LogP contribution in [0, 0.1) is 5.82 Å². The molecule has 1 aromatic heterocycles. The molecule has 0 unspecified atom stereocenters. The van der Waals surface area contributed by atoms with Crippen LogP contribution in [0.15, 0.2) is 57.1 Å². The molecule has 0 bridgehead atoms. The summed E-state index contributed by atoms with van der Waals surface area (Å²) in [6.07, 6.45) is 1.39. The first kappa shape index (κ1) is 29.6. The summed E-state index contributed by atoms with van der Waals surface area (Å²) in [5, 5.41) is 5.13. The quantitative estimate of drug-likeness (QED) is 0.175. The summed E-state index contributed by atoms with van der Waals surface area (Å²) in [5.41, 5.74) is 0.701. The maximum Gasteiger partial charge on any atom is 0.373 e. The van der Waals surface area contributed by atoms with Gasteiger partial charge in [-0.1, -0.05) is 11.6 Å². The van der Waals surface area contributed by atoms with Gasteiger partial charge in [-0.15, -0.1) is 0 Å². The minimum absolute atomic E-state index is 0.0527. The van der Waals surface area contributed by atoms with E-state index < -0.39 is 36.2 Å². The molecule has 0 atom stereocenters. The summed E-state index contributed by atoms with van der Waals surface area (Å²) in [6.45, 7) is 1.31. The third-order valence-corrected chi connectivity index (χ3v) is 7.00. The number of nitrogens with zero attached hydrogens (tertiary/aromatic N) is 1. The van der Waals surface area contributed by atoms with Gasteiger partial charge >= 0.3 is 12.0 Å². The SMILES string of the molecule is CCOc1cc(/C=C2\NC(=O)N(Cc3ccc(C(=O)OC)o3)C2=O)c(Br)c(Cl)c1OCC(=O)Nc1ccc(F)cc1. The topological polar surface area (TPSA) is 136 Å². The molecule has 0 aliphatic carbocycles. The highest BCUT2D eigenvalue weighted by atomic mass is 79.9. The lowest BCUT2D eigenvalue weighted by Crippen LogP contribution is -2.30. The summed E-state index contributed by atoms with van der Waals surface area (Å²) in [4.78, 5) is 50.4. The molecule has 2 aromatic carbocycles. The van der Waals surface area contributed by atoms with Crippen LogP contribution >= 0.6 is 27.5 Å². The number of esters is 1. The van der Waals surface area contributed by atoms with Gasteiger partial charge in [0.05, 0.1) is 20.3 Å². The number of furan rings is 1. The van der Waals surface area contributed by atoms with Gasteiger partial charge < -0.3 is 29.3 Å². The summed E-state index contributed by atoms with van der Waals surface area (Å²) < 4.78 is 34.7. The molecule has 4 amide bonds. The predicted molar refractivity (Wildman–Crippen MR) is 148 cm³/mol. The van der Waals surface area contributed by atoms with Gasteiger partial charge in [-0.25, -0.2) is 14.0 Å². The third-order valence-electron chi connectivity index (χ3n) is 5.56. The molecule has 3 aromatic rings. The third kappa shape index (κ3) is 6.87. The Morgan fingerprint density at radius 2 is 1.90 bits per heavy atom. The number of carbonyl (C=O) groups excluding carboxylic acids is 4. The van der Waals surface area contributed by atoms with Gasteiger partial charge in [-0.3, -0.25) is 14.5 Å². The Morgan fingerprint density at radius 3 is 2.59 bits per heavy atom. The molecule has 1 saturated heterocycles. The number of anilines is 1. The molecule has 1 aliphatic heterocycles. The second kappa shape index (κ2) is 12.9. The van der Waals surface area contributed by atoms with Gasteiger partial charge in [0.1, 0.15) is 22.3 Å². The van der Waals surface area contributed by atoms with Gasteiger partial charge in [-0.05, 0) is 77.0 Å². The van der Waals surface area contributed by atoms with Crippen molar-refractivity contribution >= 4 is 63.1 Å². The number of carbonyl (C=O) groups is 4. The zero-order chi connectivity index (χ0) is 29.7. The summed E-state index contributed by atoms with van der Waals surface area (Å²) in [7, 11) is 1.20. The number of ether oxygens (including phenoxy) is 3. The highest BCUT2D eigenvalue weighted by Crippen LogP contribution is 2.43. The van der Waals surface area contributed by atoms with Crippen LogP contribution in [0.2, 0.25) is 5.02 Å². The Bertz CT molecular complexity index is 1540. The molecule has 41 heavy (non-hydrogen) atoms. The average Bonchev–Trinajstić information content (AvgIpc) is 3.52. The normalized spacial score (nSPS) is 13.8. The molecule has 4 rings (SSSR count). The maximum atomic E-state index is 13.1. The molecule has 0 radical (unpaired) electrons. The molecule has 2 heterocycles. The van der Waals surface area contributed by atoms with Crippen molar-refractivity contribution < 1.29 is 42.2 Å². The van der Waals surface area contributed by atoms with Gasteiger partial charge in [0.15, 0.2) is 18.1 Å². The van der Waals surface area contributed by atoms with E-state index in [1.807, 2.05) is 0 Å². The highest BCUT2D eigenvalue weighted by Gasteiger charge is 2.35. The van der Waals surface area contributed by atoms with Crippen molar-refractivity contribution in [3.05, 3.63) is 80.6 Å². The first-order valence-corrected chi connectivity index (χ1v) is 13.1. The first-order valence-electron chi connectivity index (χ1n) is 12.0. The van der Waals surface area contributed by atoms with Crippen molar-refractivity contribution in [2.75, 3.05) is 25.6 Å². The molecule has 2 N–H and O–H groups in total. The summed E-state index contributed by atoms with van der Waals surface area (Å²) in [6, 6.07) is 8.89. The monoisotopic (exact) mass is 649 g/mol. The number of benzene rings is 2. The zero-order valence-electron chi connectivity index (χ0n) is 21.6. The van der Waals surface area contributed by atoms with Crippen molar-refractivity contribution in [3.8, 4) is 11.5 Å². The molecule has 0 spiro atoms. The predicted octanol–water partition coefficient (Wildman–Crippen LogP) is 5.13. The van der Waals surface area contributed by atoms with Crippen molar-refractivity contribution in [3.63, 3.8) is 0 Å². The number of hydrogen-bond donors (Lipinski definition) is 2. The minimum atomic E-state index is -0.698. The largest absolute Gasteiger partial charge is 0.490 e. The molecule has 1 aliphatic rings. The van der Waals surface area contributed by atoms with Gasteiger partial charge in [0, 0.05) is 10.2 Å². The smallest absolute Gasteiger partial charge is 0.373 e. The van der Waals surface area contributed by atoms with Crippen LogP contribution in [0.3, 0.4) is 0 Å². The number of hydrogen-bond acceptors (Lipinski definition) is 8. The van der Waals surface area contributed by atoms with Crippen molar-refractivity contribution in [2.45, 2.75) is 13.5 Å². The number of urea groups is 1. The fraction of sp³-hybridized carbons (Fsp3) is 0.185. The van der Waals surface area contributed by atoms with E-state index >= 15 is 0 Å². The van der Waals surface area contributed by atoms with Crippen LogP contribution in [0.5, 0.6) is 11.5 Å². The number of rotatable bonds is 10. The van der Waals surface area contributed by atoms with E-state index in [2.05, 4.69) is 31.3 Å². The molecule has 214 valence electrons. The van der Waals surface area contributed by atoms with Gasteiger partial charge in [0.2, 0.25) is 5.76 Å². The number of halogens is 3. The van der Waals surface area contributed by atoms with E-state index in [1.54, 1.807) is 6.92 Å².